The van der Waals surface area contributed by atoms with E-state index < -0.39 is 5.97 Å². The first-order valence-corrected chi connectivity index (χ1v) is 5.05. The average Bonchev–Trinajstić information content (AvgIpc) is 2.73. The van der Waals surface area contributed by atoms with Crippen molar-refractivity contribution in [3.05, 3.63) is 29.3 Å². The second-order valence-electron chi connectivity index (χ2n) is 3.41. The van der Waals surface area contributed by atoms with Crippen molar-refractivity contribution < 1.29 is 19.4 Å². The van der Waals surface area contributed by atoms with Gasteiger partial charge in [-0.3, -0.25) is 0 Å². The summed E-state index contributed by atoms with van der Waals surface area (Å²) < 4.78 is 10.5. The third-order valence-corrected chi connectivity index (χ3v) is 2.41. The van der Waals surface area contributed by atoms with Crippen LogP contribution in [0.1, 0.15) is 18.9 Å². The Morgan fingerprint density at radius 1 is 1.50 bits per heavy atom. The van der Waals surface area contributed by atoms with Gasteiger partial charge in [0, 0.05) is 11.1 Å². The van der Waals surface area contributed by atoms with Gasteiger partial charge in [0.25, 0.3) is 0 Å². The van der Waals surface area contributed by atoms with Crippen LogP contribution in [0.5, 0.6) is 11.5 Å². The molecule has 1 N–H and O–H groups in total. The van der Waals surface area contributed by atoms with Crippen LogP contribution < -0.4 is 9.47 Å². The van der Waals surface area contributed by atoms with Crippen LogP contribution in [0.15, 0.2) is 23.8 Å². The van der Waals surface area contributed by atoms with Gasteiger partial charge in [-0.05, 0) is 18.6 Å². The third-order valence-electron chi connectivity index (χ3n) is 2.41. The molecule has 0 bridgehead atoms. The van der Waals surface area contributed by atoms with Crippen molar-refractivity contribution in [2.45, 2.75) is 13.3 Å². The zero-order chi connectivity index (χ0) is 11.5. The lowest BCUT2D eigenvalue weighted by Gasteiger charge is -2.02. The van der Waals surface area contributed by atoms with E-state index in [-0.39, 0.29) is 6.79 Å². The summed E-state index contributed by atoms with van der Waals surface area (Å²) in [5.41, 5.74) is 1.10. The Kier molecular flexibility index (Phi) is 2.81. The number of benzene rings is 1. The number of aliphatic carboxylic acids is 1. The lowest BCUT2D eigenvalue weighted by Crippen LogP contribution is -1.99. The standard InChI is InChI=1S/C12H12O4/c1-2-8(12(13)14)6-9-4-3-5-10-11(9)16-7-15-10/h3-6H,2,7H2,1H3,(H,13,14). The van der Waals surface area contributed by atoms with Gasteiger partial charge in [0.1, 0.15) is 0 Å². The van der Waals surface area contributed by atoms with Crippen molar-refractivity contribution >= 4 is 12.0 Å². The molecule has 0 radical (unpaired) electrons. The Labute approximate surface area is 93.1 Å². The number of carboxylic acid groups (broad SMARTS) is 1. The number of fused-ring (bicyclic) bond motifs is 1. The molecule has 1 heterocycles. The van der Waals surface area contributed by atoms with Crippen LogP contribution in [0.2, 0.25) is 0 Å². The Balaban J connectivity index is 2.42. The largest absolute Gasteiger partial charge is 0.478 e. The van der Waals surface area contributed by atoms with Crippen LogP contribution in [0, 0.1) is 0 Å². The first-order valence-electron chi connectivity index (χ1n) is 5.05. The van der Waals surface area contributed by atoms with Crippen LogP contribution in [0.25, 0.3) is 6.08 Å². The first kappa shape index (κ1) is 10.5. The molecule has 1 aliphatic heterocycles. The number of carboxylic acids is 1. The van der Waals surface area contributed by atoms with Crippen molar-refractivity contribution in [3.63, 3.8) is 0 Å². The van der Waals surface area contributed by atoms with E-state index in [1.165, 1.54) is 0 Å². The molecule has 84 valence electrons. The predicted molar refractivity (Wildman–Crippen MR) is 58.5 cm³/mol. The SMILES string of the molecule is CCC(=Cc1cccc2c1OCO2)C(=O)O. The van der Waals surface area contributed by atoms with Crippen LogP contribution in [-0.4, -0.2) is 17.9 Å². The Morgan fingerprint density at radius 2 is 2.31 bits per heavy atom. The molecule has 1 aromatic rings. The lowest BCUT2D eigenvalue weighted by atomic mass is 10.1. The normalized spacial score (nSPS) is 13.9. The van der Waals surface area contributed by atoms with Crippen LogP contribution in [0.3, 0.4) is 0 Å². The molecule has 4 nitrogen and oxygen atoms in total. The monoisotopic (exact) mass is 220 g/mol. The Hall–Kier alpha value is -1.97. The Morgan fingerprint density at radius 3 is 3.00 bits per heavy atom. The van der Waals surface area contributed by atoms with Crippen molar-refractivity contribution in [2.24, 2.45) is 0 Å². The molecular weight excluding hydrogens is 208 g/mol. The second kappa shape index (κ2) is 4.26. The number of hydrogen-bond acceptors (Lipinski definition) is 3. The lowest BCUT2D eigenvalue weighted by molar-refractivity contribution is -0.132. The summed E-state index contributed by atoms with van der Waals surface area (Å²) in [6.07, 6.45) is 2.09. The maximum atomic E-state index is 10.9. The molecule has 0 fully saturated rings. The average molecular weight is 220 g/mol. The van der Waals surface area contributed by atoms with Crippen LogP contribution in [-0.2, 0) is 4.79 Å². The van der Waals surface area contributed by atoms with Gasteiger partial charge in [-0.2, -0.15) is 0 Å². The van der Waals surface area contributed by atoms with E-state index in [9.17, 15) is 4.79 Å². The fraction of sp³-hybridized carbons (Fsp3) is 0.250. The minimum atomic E-state index is -0.904. The molecule has 0 atom stereocenters. The van der Waals surface area contributed by atoms with Gasteiger partial charge in [-0.15, -0.1) is 0 Å². The highest BCUT2D eigenvalue weighted by Gasteiger charge is 2.16. The van der Waals surface area contributed by atoms with Crippen LogP contribution in [0.4, 0.5) is 0 Å². The predicted octanol–water partition coefficient (Wildman–Crippen LogP) is 2.29. The molecule has 0 unspecified atom stereocenters. The molecule has 2 rings (SSSR count). The summed E-state index contributed by atoms with van der Waals surface area (Å²) in [6.45, 7) is 2.00. The molecule has 1 aliphatic rings. The molecule has 0 saturated carbocycles. The number of ether oxygens (including phenoxy) is 2. The minimum absolute atomic E-state index is 0.189. The first-order chi connectivity index (χ1) is 7.72. The summed E-state index contributed by atoms with van der Waals surface area (Å²) in [7, 11) is 0. The molecule has 0 aliphatic carbocycles. The molecule has 0 spiro atoms. The minimum Gasteiger partial charge on any atom is -0.478 e. The van der Waals surface area contributed by atoms with Crippen molar-refractivity contribution in [3.8, 4) is 11.5 Å². The number of rotatable bonds is 3. The maximum absolute atomic E-state index is 10.9. The van der Waals surface area contributed by atoms with E-state index >= 15 is 0 Å². The fourth-order valence-electron chi connectivity index (χ4n) is 1.57. The van der Waals surface area contributed by atoms with E-state index in [1.807, 2.05) is 12.1 Å². The topological polar surface area (TPSA) is 55.8 Å². The van der Waals surface area contributed by atoms with Gasteiger partial charge in [-0.25, -0.2) is 4.79 Å². The molecule has 1 aromatic carbocycles. The molecule has 0 aromatic heterocycles. The van der Waals surface area contributed by atoms with Gasteiger partial charge in [0.15, 0.2) is 11.5 Å². The Bertz CT molecular complexity index is 448. The summed E-state index contributed by atoms with van der Waals surface area (Å²) in [4.78, 5) is 10.9. The van der Waals surface area contributed by atoms with E-state index in [4.69, 9.17) is 14.6 Å². The highest BCUT2D eigenvalue weighted by Crippen LogP contribution is 2.36. The third kappa shape index (κ3) is 1.86. The second-order valence-corrected chi connectivity index (χ2v) is 3.41. The van der Waals surface area contributed by atoms with E-state index in [0.29, 0.717) is 23.5 Å². The summed E-state index contributed by atoms with van der Waals surface area (Å²) in [5, 5.41) is 8.94. The van der Waals surface area contributed by atoms with E-state index in [1.54, 1.807) is 19.1 Å². The molecule has 16 heavy (non-hydrogen) atoms. The molecule has 0 amide bonds. The number of para-hydroxylation sites is 1. The van der Waals surface area contributed by atoms with E-state index in [2.05, 4.69) is 0 Å². The maximum Gasteiger partial charge on any atom is 0.331 e. The molecular formula is C12H12O4. The zero-order valence-electron chi connectivity index (χ0n) is 8.90. The van der Waals surface area contributed by atoms with Crippen molar-refractivity contribution in [1.29, 1.82) is 0 Å². The summed E-state index contributed by atoms with van der Waals surface area (Å²) in [5.74, 6) is 0.378. The number of hydrogen-bond donors (Lipinski definition) is 1. The smallest absolute Gasteiger partial charge is 0.331 e. The fourth-order valence-corrected chi connectivity index (χ4v) is 1.57. The zero-order valence-corrected chi connectivity index (χ0v) is 8.90. The van der Waals surface area contributed by atoms with E-state index in [0.717, 1.165) is 5.56 Å². The van der Waals surface area contributed by atoms with Gasteiger partial charge in [-0.1, -0.05) is 19.1 Å². The highest BCUT2D eigenvalue weighted by atomic mass is 16.7. The van der Waals surface area contributed by atoms with Gasteiger partial charge in [0.2, 0.25) is 6.79 Å². The van der Waals surface area contributed by atoms with Gasteiger partial charge < -0.3 is 14.6 Å². The molecule has 0 saturated heterocycles. The molecule has 4 heteroatoms. The summed E-state index contributed by atoms with van der Waals surface area (Å²) >= 11 is 0. The highest BCUT2D eigenvalue weighted by molar-refractivity contribution is 5.92. The van der Waals surface area contributed by atoms with Crippen LogP contribution >= 0.6 is 0 Å². The van der Waals surface area contributed by atoms with Crippen molar-refractivity contribution in [1.82, 2.24) is 0 Å². The van der Waals surface area contributed by atoms with Crippen molar-refractivity contribution in [2.75, 3.05) is 6.79 Å². The van der Waals surface area contributed by atoms with Gasteiger partial charge >= 0.3 is 5.97 Å². The summed E-state index contributed by atoms with van der Waals surface area (Å²) in [6, 6.07) is 5.42. The quantitative estimate of drug-likeness (QED) is 0.794. The number of carbonyl (C=O) groups is 1. The van der Waals surface area contributed by atoms with Gasteiger partial charge in [0.05, 0.1) is 0 Å².